The van der Waals surface area contributed by atoms with E-state index in [2.05, 4.69) is 22.8 Å². The van der Waals surface area contributed by atoms with Crippen molar-refractivity contribution in [3.8, 4) is 0 Å². The lowest BCUT2D eigenvalue weighted by Crippen LogP contribution is -2.43. The van der Waals surface area contributed by atoms with Gasteiger partial charge in [0.05, 0.1) is 6.04 Å². The number of benzene rings is 1. The second-order valence-corrected chi connectivity index (χ2v) is 5.43. The Morgan fingerprint density at radius 1 is 1.26 bits per heavy atom. The number of nitrogens with zero attached hydrogens (tertiary/aromatic N) is 1. The smallest absolute Gasteiger partial charge is 0.239 e. The average Bonchev–Trinajstić information content (AvgIpc) is 3.10. The SMILES string of the molecule is O=C(C1CCCN1)N1CCC(Nc2ccccc2)C1. The van der Waals surface area contributed by atoms with E-state index in [4.69, 9.17) is 0 Å². The third-order valence-corrected chi connectivity index (χ3v) is 4.00. The van der Waals surface area contributed by atoms with Crippen LogP contribution in [0.4, 0.5) is 5.69 Å². The van der Waals surface area contributed by atoms with Crippen LogP contribution in [0.1, 0.15) is 19.3 Å². The van der Waals surface area contributed by atoms with Gasteiger partial charge in [-0.1, -0.05) is 18.2 Å². The maximum atomic E-state index is 12.3. The Bertz CT molecular complexity index is 428. The summed E-state index contributed by atoms with van der Waals surface area (Å²) in [7, 11) is 0. The van der Waals surface area contributed by atoms with Gasteiger partial charge in [0.15, 0.2) is 0 Å². The first-order valence-corrected chi connectivity index (χ1v) is 7.17. The minimum atomic E-state index is 0.0653. The molecule has 0 aliphatic carbocycles. The Labute approximate surface area is 114 Å². The quantitative estimate of drug-likeness (QED) is 0.863. The molecule has 2 fully saturated rings. The Morgan fingerprint density at radius 2 is 2.11 bits per heavy atom. The maximum Gasteiger partial charge on any atom is 0.239 e. The van der Waals surface area contributed by atoms with Crippen LogP contribution in [0.25, 0.3) is 0 Å². The lowest BCUT2D eigenvalue weighted by Gasteiger charge is -2.21. The zero-order valence-electron chi connectivity index (χ0n) is 11.1. The van der Waals surface area contributed by atoms with Gasteiger partial charge >= 0.3 is 0 Å². The predicted octanol–water partition coefficient (Wildman–Crippen LogP) is 1.45. The molecule has 2 aliphatic rings. The number of rotatable bonds is 3. The molecule has 2 N–H and O–H groups in total. The highest BCUT2D eigenvalue weighted by Crippen LogP contribution is 2.18. The summed E-state index contributed by atoms with van der Waals surface area (Å²) >= 11 is 0. The highest BCUT2D eigenvalue weighted by atomic mass is 16.2. The molecule has 2 aliphatic heterocycles. The van der Waals surface area contributed by atoms with Crippen molar-refractivity contribution in [3.63, 3.8) is 0 Å². The molecule has 0 saturated carbocycles. The summed E-state index contributed by atoms with van der Waals surface area (Å²) in [5.41, 5.74) is 1.14. The minimum absolute atomic E-state index is 0.0653. The number of para-hydroxylation sites is 1. The van der Waals surface area contributed by atoms with E-state index in [1.54, 1.807) is 0 Å². The Hall–Kier alpha value is -1.55. The molecule has 1 amide bonds. The van der Waals surface area contributed by atoms with Crippen molar-refractivity contribution in [2.75, 3.05) is 25.0 Å². The van der Waals surface area contributed by atoms with E-state index in [1.807, 2.05) is 23.1 Å². The van der Waals surface area contributed by atoms with Crippen molar-refractivity contribution in [1.29, 1.82) is 0 Å². The molecule has 0 spiro atoms. The molecule has 1 aromatic rings. The number of anilines is 1. The van der Waals surface area contributed by atoms with Gasteiger partial charge in [-0.05, 0) is 37.9 Å². The lowest BCUT2D eigenvalue weighted by atomic mass is 10.2. The van der Waals surface area contributed by atoms with Crippen LogP contribution in [0.5, 0.6) is 0 Å². The summed E-state index contributed by atoms with van der Waals surface area (Å²) in [5, 5.41) is 6.79. The third kappa shape index (κ3) is 2.89. The molecule has 0 aromatic heterocycles. The zero-order chi connectivity index (χ0) is 13.1. The topological polar surface area (TPSA) is 44.4 Å². The monoisotopic (exact) mass is 259 g/mol. The van der Waals surface area contributed by atoms with E-state index in [0.717, 1.165) is 44.6 Å². The second-order valence-electron chi connectivity index (χ2n) is 5.43. The lowest BCUT2D eigenvalue weighted by molar-refractivity contribution is -0.132. The van der Waals surface area contributed by atoms with Crippen LogP contribution in [0.2, 0.25) is 0 Å². The number of hydrogen-bond donors (Lipinski definition) is 2. The van der Waals surface area contributed by atoms with Gasteiger partial charge in [-0.2, -0.15) is 0 Å². The minimum Gasteiger partial charge on any atom is -0.380 e. The van der Waals surface area contributed by atoms with Gasteiger partial charge in [-0.3, -0.25) is 4.79 Å². The Balaban J connectivity index is 1.53. The molecule has 19 heavy (non-hydrogen) atoms. The molecule has 102 valence electrons. The predicted molar refractivity (Wildman–Crippen MR) is 76.1 cm³/mol. The van der Waals surface area contributed by atoms with Crippen LogP contribution >= 0.6 is 0 Å². The van der Waals surface area contributed by atoms with Crippen molar-refractivity contribution in [2.24, 2.45) is 0 Å². The van der Waals surface area contributed by atoms with E-state index >= 15 is 0 Å². The Morgan fingerprint density at radius 3 is 2.84 bits per heavy atom. The highest BCUT2D eigenvalue weighted by molar-refractivity contribution is 5.82. The standard InChI is InChI=1S/C15H21N3O/c19-15(14-7-4-9-16-14)18-10-8-13(11-18)17-12-5-2-1-3-6-12/h1-3,5-6,13-14,16-17H,4,7-11H2. The summed E-state index contributed by atoms with van der Waals surface area (Å²) < 4.78 is 0. The van der Waals surface area contributed by atoms with Crippen LogP contribution < -0.4 is 10.6 Å². The maximum absolute atomic E-state index is 12.3. The molecule has 3 rings (SSSR count). The first-order valence-electron chi connectivity index (χ1n) is 7.17. The van der Waals surface area contributed by atoms with Gasteiger partial charge in [-0.15, -0.1) is 0 Å². The molecule has 2 unspecified atom stereocenters. The number of carbonyl (C=O) groups is 1. The van der Waals surface area contributed by atoms with E-state index < -0.39 is 0 Å². The van der Waals surface area contributed by atoms with Gasteiger partial charge in [0, 0.05) is 24.8 Å². The van der Waals surface area contributed by atoms with E-state index in [9.17, 15) is 4.79 Å². The number of carbonyl (C=O) groups excluding carboxylic acids is 1. The van der Waals surface area contributed by atoms with Crippen LogP contribution in [0.15, 0.2) is 30.3 Å². The van der Waals surface area contributed by atoms with Gasteiger partial charge in [0.25, 0.3) is 0 Å². The van der Waals surface area contributed by atoms with Crippen molar-refractivity contribution < 1.29 is 4.79 Å². The first kappa shape index (κ1) is 12.5. The van der Waals surface area contributed by atoms with Gasteiger partial charge < -0.3 is 15.5 Å². The molecular weight excluding hydrogens is 238 g/mol. The molecule has 0 radical (unpaired) electrons. The molecule has 2 saturated heterocycles. The summed E-state index contributed by atoms with van der Waals surface area (Å²) in [6.45, 7) is 2.68. The van der Waals surface area contributed by atoms with Gasteiger partial charge in [0.2, 0.25) is 5.91 Å². The van der Waals surface area contributed by atoms with Gasteiger partial charge in [0.1, 0.15) is 0 Å². The van der Waals surface area contributed by atoms with Crippen molar-refractivity contribution in [2.45, 2.75) is 31.3 Å². The second kappa shape index (κ2) is 5.61. The molecule has 1 aromatic carbocycles. The molecule has 4 nitrogen and oxygen atoms in total. The van der Waals surface area contributed by atoms with E-state index in [0.29, 0.717) is 6.04 Å². The molecule has 2 atom stereocenters. The molecule has 0 bridgehead atoms. The number of amides is 1. The Kier molecular flexibility index (Phi) is 3.69. The van der Waals surface area contributed by atoms with Crippen LogP contribution in [0, 0.1) is 0 Å². The average molecular weight is 259 g/mol. The number of likely N-dealkylation sites (tertiary alicyclic amines) is 1. The number of hydrogen-bond acceptors (Lipinski definition) is 3. The van der Waals surface area contributed by atoms with E-state index in [-0.39, 0.29) is 11.9 Å². The van der Waals surface area contributed by atoms with Crippen LogP contribution in [-0.2, 0) is 4.79 Å². The summed E-state index contributed by atoms with van der Waals surface area (Å²) in [6, 6.07) is 10.7. The fourth-order valence-electron chi connectivity index (χ4n) is 2.96. The van der Waals surface area contributed by atoms with Crippen LogP contribution in [0.3, 0.4) is 0 Å². The largest absolute Gasteiger partial charge is 0.380 e. The normalized spacial score (nSPS) is 26.6. The van der Waals surface area contributed by atoms with Crippen molar-refractivity contribution in [1.82, 2.24) is 10.2 Å². The third-order valence-electron chi connectivity index (χ3n) is 4.00. The zero-order valence-corrected chi connectivity index (χ0v) is 11.1. The highest BCUT2D eigenvalue weighted by Gasteiger charge is 2.31. The molecular formula is C15H21N3O. The van der Waals surface area contributed by atoms with E-state index in [1.165, 1.54) is 0 Å². The number of nitrogens with one attached hydrogen (secondary N) is 2. The fourth-order valence-corrected chi connectivity index (χ4v) is 2.96. The van der Waals surface area contributed by atoms with Crippen LogP contribution in [-0.4, -0.2) is 42.5 Å². The summed E-state index contributed by atoms with van der Waals surface area (Å²) in [5.74, 6) is 0.287. The first-order chi connectivity index (χ1) is 9.33. The molecule has 2 heterocycles. The molecule has 4 heteroatoms. The fraction of sp³-hybridized carbons (Fsp3) is 0.533. The summed E-state index contributed by atoms with van der Waals surface area (Å²) in [6.07, 6.45) is 3.15. The van der Waals surface area contributed by atoms with Gasteiger partial charge in [-0.25, -0.2) is 0 Å². The summed E-state index contributed by atoms with van der Waals surface area (Å²) in [4.78, 5) is 14.3. The van der Waals surface area contributed by atoms with Crippen molar-refractivity contribution >= 4 is 11.6 Å². The van der Waals surface area contributed by atoms with Crippen molar-refractivity contribution in [3.05, 3.63) is 30.3 Å².